The lowest BCUT2D eigenvalue weighted by molar-refractivity contribution is 0.0537. The Hall–Kier alpha value is -2.81. The second-order valence-corrected chi connectivity index (χ2v) is 3.67. The zero-order valence-corrected chi connectivity index (χ0v) is 10.8. The molecular weight excluding hydrogens is 268 g/mol. The highest BCUT2D eigenvalue weighted by Crippen LogP contribution is 2.22. The lowest BCUT2D eigenvalue weighted by Crippen LogP contribution is -2.38. The summed E-state index contributed by atoms with van der Waals surface area (Å²) in [6.07, 6.45) is -1.63. The number of benzene rings is 1. The number of rotatable bonds is 3. The second-order valence-electron chi connectivity index (χ2n) is 3.67. The van der Waals surface area contributed by atoms with Gasteiger partial charge in [0.1, 0.15) is 0 Å². The number of hydrogen-bond donors (Lipinski definition) is 4. The van der Waals surface area contributed by atoms with Gasteiger partial charge in [0.15, 0.2) is 0 Å². The Morgan fingerprint density at radius 3 is 2.60 bits per heavy atom. The molecule has 0 aliphatic heterocycles. The Balaban J connectivity index is 3.20. The standard InChI is InChI=1S/C11H14N4O5/c1-6-3-4-7(9(16)14-19-2)5-8(6)15(10(12)13)20-11(17)18/h3-5H,1-2H3,(H3,12,13)(H,14,16)(H,17,18). The maximum Gasteiger partial charge on any atom is 0.531 e. The van der Waals surface area contributed by atoms with Crippen LogP contribution in [0.4, 0.5) is 10.5 Å². The molecule has 20 heavy (non-hydrogen) atoms. The minimum absolute atomic E-state index is 0.156. The lowest BCUT2D eigenvalue weighted by Gasteiger charge is -2.21. The van der Waals surface area contributed by atoms with Crippen LogP contribution in [0.5, 0.6) is 0 Å². The monoisotopic (exact) mass is 282 g/mol. The number of anilines is 1. The minimum atomic E-state index is -1.63. The Bertz CT molecular complexity index is 546. The highest BCUT2D eigenvalue weighted by molar-refractivity contribution is 5.97. The molecule has 5 N–H and O–H groups in total. The van der Waals surface area contributed by atoms with Gasteiger partial charge in [-0.15, -0.1) is 5.06 Å². The van der Waals surface area contributed by atoms with Crippen molar-refractivity contribution in [3.8, 4) is 0 Å². The Morgan fingerprint density at radius 1 is 1.45 bits per heavy atom. The van der Waals surface area contributed by atoms with Crippen molar-refractivity contribution in [1.29, 1.82) is 5.41 Å². The molecule has 0 bridgehead atoms. The molecule has 0 aliphatic rings. The molecule has 0 saturated carbocycles. The summed E-state index contributed by atoms with van der Waals surface area (Å²) in [5.74, 6) is -1.17. The van der Waals surface area contributed by atoms with E-state index in [1.165, 1.54) is 19.2 Å². The molecule has 1 rings (SSSR count). The largest absolute Gasteiger partial charge is 0.531 e. The molecule has 9 nitrogen and oxygen atoms in total. The molecule has 9 heteroatoms. The number of carbonyl (C=O) groups excluding carboxylic acids is 1. The van der Waals surface area contributed by atoms with E-state index in [0.29, 0.717) is 10.6 Å². The van der Waals surface area contributed by atoms with Gasteiger partial charge in [0.05, 0.1) is 12.8 Å². The highest BCUT2D eigenvalue weighted by Gasteiger charge is 2.19. The fraction of sp³-hybridized carbons (Fsp3) is 0.182. The van der Waals surface area contributed by atoms with E-state index < -0.39 is 18.0 Å². The smallest absolute Gasteiger partial charge is 0.448 e. The van der Waals surface area contributed by atoms with Crippen LogP contribution in [0.15, 0.2) is 18.2 Å². The third-order valence-electron chi connectivity index (χ3n) is 2.27. The first-order chi connectivity index (χ1) is 9.36. The van der Waals surface area contributed by atoms with Gasteiger partial charge in [-0.05, 0) is 24.6 Å². The predicted octanol–water partition coefficient (Wildman–Crippen LogP) is 0.596. The number of guanidine groups is 1. The number of carboxylic acid groups (broad SMARTS) is 1. The maximum absolute atomic E-state index is 11.6. The molecule has 0 radical (unpaired) electrons. The van der Waals surface area contributed by atoms with Gasteiger partial charge in [0, 0.05) is 5.56 Å². The zero-order valence-electron chi connectivity index (χ0n) is 10.8. The summed E-state index contributed by atoms with van der Waals surface area (Å²) in [6.45, 7) is 1.65. The van der Waals surface area contributed by atoms with Crippen LogP contribution < -0.4 is 16.3 Å². The topological polar surface area (TPSA) is 138 Å². The van der Waals surface area contributed by atoms with Crippen molar-refractivity contribution in [2.75, 3.05) is 12.2 Å². The van der Waals surface area contributed by atoms with Crippen molar-refractivity contribution in [3.05, 3.63) is 29.3 Å². The molecule has 0 aromatic heterocycles. The molecule has 0 fully saturated rings. The maximum atomic E-state index is 11.6. The fourth-order valence-electron chi connectivity index (χ4n) is 1.43. The van der Waals surface area contributed by atoms with Crippen LogP contribution >= 0.6 is 0 Å². The Labute approximate surface area is 114 Å². The molecule has 0 heterocycles. The summed E-state index contributed by atoms with van der Waals surface area (Å²) in [5, 5.41) is 16.6. The van der Waals surface area contributed by atoms with Crippen LogP contribution in [0.25, 0.3) is 0 Å². The number of hydroxylamine groups is 2. The molecule has 0 aliphatic carbocycles. The summed E-state index contributed by atoms with van der Waals surface area (Å²) in [4.78, 5) is 31.1. The third-order valence-corrected chi connectivity index (χ3v) is 2.27. The van der Waals surface area contributed by atoms with Gasteiger partial charge in [-0.3, -0.25) is 19.9 Å². The van der Waals surface area contributed by atoms with Crippen LogP contribution in [-0.4, -0.2) is 30.2 Å². The summed E-state index contributed by atoms with van der Waals surface area (Å²) in [6, 6.07) is 4.39. The Kier molecular flexibility index (Phi) is 4.87. The average Bonchev–Trinajstić information content (AvgIpc) is 2.36. The third kappa shape index (κ3) is 3.59. The van der Waals surface area contributed by atoms with Gasteiger partial charge in [0.2, 0.25) is 5.96 Å². The van der Waals surface area contributed by atoms with E-state index in [-0.39, 0.29) is 11.3 Å². The molecule has 108 valence electrons. The van der Waals surface area contributed by atoms with Crippen LogP contribution in [0.3, 0.4) is 0 Å². The SMILES string of the molecule is CONC(=O)c1ccc(C)c(N(OC(=O)O)C(=N)N)c1. The van der Waals surface area contributed by atoms with Crippen LogP contribution in [-0.2, 0) is 9.68 Å². The number of nitrogens with two attached hydrogens (primary N) is 1. The first kappa shape index (κ1) is 15.2. The Morgan fingerprint density at radius 2 is 2.10 bits per heavy atom. The number of hydrogen-bond acceptors (Lipinski definition) is 5. The number of nitrogens with one attached hydrogen (secondary N) is 2. The fourth-order valence-corrected chi connectivity index (χ4v) is 1.43. The van der Waals surface area contributed by atoms with Crippen LogP contribution in [0.2, 0.25) is 0 Å². The molecular formula is C11H14N4O5. The summed E-state index contributed by atoms with van der Waals surface area (Å²) >= 11 is 0. The van der Waals surface area contributed by atoms with E-state index in [1.54, 1.807) is 13.0 Å². The van der Waals surface area contributed by atoms with Gasteiger partial charge < -0.3 is 10.8 Å². The van der Waals surface area contributed by atoms with Gasteiger partial charge in [0.25, 0.3) is 5.91 Å². The number of aryl methyl sites for hydroxylation is 1. The predicted molar refractivity (Wildman–Crippen MR) is 69.2 cm³/mol. The molecule has 0 atom stereocenters. The average molecular weight is 282 g/mol. The second kappa shape index (κ2) is 6.38. The van der Waals surface area contributed by atoms with Crippen molar-refractivity contribution in [1.82, 2.24) is 5.48 Å². The van der Waals surface area contributed by atoms with Crippen LogP contribution in [0.1, 0.15) is 15.9 Å². The van der Waals surface area contributed by atoms with E-state index in [4.69, 9.17) is 16.2 Å². The van der Waals surface area contributed by atoms with Crippen molar-refractivity contribution >= 4 is 23.7 Å². The quantitative estimate of drug-likeness (QED) is 0.361. The molecule has 1 amide bonds. The van der Waals surface area contributed by atoms with E-state index in [9.17, 15) is 9.59 Å². The lowest BCUT2D eigenvalue weighted by atomic mass is 10.1. The molecule has 1 aromatic rings. The van der Waals surface area contributed by atoms with Crippen molar-refractivity contribution in [2.24, 2.45) is 5.73 Å². The molecule has 0 saturated heterocycles. The highest BCUT2D eigenvalue weighted by atomic mass is 16.8. The normalized spacial score (nSPS) is 9.70. The number of carbonyl (C=O) groups is 2. The first-order valence-electron chi connectivity index (χ1n) is 5.35. The summed E-state index contributed by atoms with van der Waals surface area (Å²) in [7, 11) is 1.28. The van der Waals surface area contributed by atoms with E-state index in [1.807, 2.05) is 0 Å². The summed E-state index contributed by atoms with van der Waals surface area (Å²) < 4.78 is 0. The van der Waals surface area contributed by atoms with E-state index >= 15 is 0 Å². The van der Waals surface area contributed by atoms with Crippen LogP contribution in [0, 0.1) is 12.3 Å². The molecule has 0 unspecified atom stereocenters. The molecule has 0 spiro atoms. The van der Waals surface area contributed by atoms with Gasteiger partial charge >= 0.3 is 6.16 Å². The van der Waals surface area contributed by atoms with Crippen molar-refractivity contribution < 1.29 is 24.4 Å². The van der Waals surface area contributed by atoms with Crippen molar-refractivity contribution in [3.63, 3.8) is 0 Å². The first-order valence-corrected chi connectivity index (χ1v) is 5.35. The summed E-state index contributed by atoms with van der Waals surface area (Å²) in [5.41, 5.74) is 8.29. The number of amides is 1. The number of nitrogens with zero attached hydrogens (tertiary/aromatic N) is 1. The van der Waals surface area contributed by atoms with E-state index in [2.05, 4.69) is 15.2 Å². The van der Waals surface area contributed by atoms with Gasteiger partial charge in [-0.2, -0.15) is 0 Å². The zero-order chi connectivity index (χ0) is 15.3. The van der Waals surface area contributed by atoms with Gasteiger partial charge in [-0.1, -0.05) is 6.07 Å². The van der Waals surface area contributed by atoms with Crippen molar-refractivity contribution in [2.45, 2.75) is 6.92 Å². The van der Waals surface area contributed by atoms with Gasteiger partial charge in [-0.25, -0.2) is 10.3 Å². The molecule has 1 aromatic carbocycles. The minimum Gasteiger partial charge on any atom is -0.448 e. The van der Waals surface area contributed by atoms with E-state index in [0.717, 1.165) is 0 Å².